The summed E-state index contributed by atoms with van der Waals surface area (Å²) in [4.78, 5) is 10.5. The van der Waals surface area contributed by atoms with Gasteiger partial charge in [0.1, 0.15) is 11.3 Å². The Bertz CT molecular complexity index is 1180. The summed E-state index contributed by atoms with van der Waals surface area (Å²) in [5.41, 5.74) is 10.4. The van der Waals surface area contributed by atoms with Gasteiger partial charge in [0.25, 0.3) is 0 Å². The molecule has 7 heteroatoms. The summed E-state index contributed by atoms with van der Waals surface area (Å²) >= 11 is 12.3. The van der Waals surface area contributed by atoms with E-state index in [2.05, 4.69) is 4.98 Å². The van der Waals surface area contributed by atoms with Gasteiger partial charge >= 0.3 is 0 Å². The molecule has 0 radical (unpaired) electrons. The molecule has 28 heavy (non-hydrogen) atoms. The maximum Gasteiger partial charge on any atom is 0.150 e. The van der Waals surface area contributed by atoms with Crippen LogP contribution in [0.3, 0.4) is 0 Å². The minimum atomic E-state index is -0.586. The van der Waals surface area contributed by atoms with E-state index in [-0.39, 0.29) is 5.02 Å². The number of anilines is 1. The van der Waals surface area contributed by atoms with Crippen LogP contribution >= 0.6 is 23.2 Å². The van der Waals surface area contributed by atoms with Crippen molar-refractivity contribution in [3.63, 3.8) is 0 Å². The number of para-hydroxylation sites is 1. The van der Waals surface area contributed by atoms with Gasteiger partial charge in [-0.05, 0) is 37.3 Å². The lowest BCUT2D eigenvalue weighted by Gasteiger charge is -2.19. The Balaban J connectivity index is 1.73. The van der Waals surface area contributed by atoms with Crippen LogP contribution in [-0.4, -0.2) is 9.71 Å². The number of rotatable bonds is 4. The Morgan fingerprint density at radius 3 is 2.71 bits per heavy atom. The summed E-state index contributed by atoms with van der Waals surface area (Å²) in [7, 11) is 0. The molecule has 2 aromatic carbocycles. The highest BCUT2D eigenvalue weighted by Gasteiger charge is 2.20. The molecule has 0 amide bonds. The van der Waals surface area contributed by atoms with Crippen LogP contribution in [0.2, 0.25) is 10.0 Å². The van der Waals surface area contributed by atoms with Gasteiger partial charge in [-0.1, -0.05) is 41.4 Å². The maximum absolute atomic E-state index is 13.9. The molecule has 0 fully saturated rings. The van der Waals surface area contributed by atoms with Crippen LogP contribution in [0.25, 0.3) is 22.2 Å². The van der Waals surface area contributed by atoms with Crippen LogP contribution in [0.1, 0.15) is 18.6 Å². The van der Waals surface area contributed by atoms with E-state index in [0.29, 0.717) is 16.3 Å². The van der Waals surface area contributed by atoms with E-state index < -0.39 is 11.9 Å². The molecule has 142 valence electrons. The number of nitrogens with two attached hydrogens (primary N) is 1. The maximum atomic E-state index is 13.9. The number of hydrogen-bond acceptors (Lipinski definition) is 3. The predicted molar refractivity (Wildman–Crippen MR) is 111 cm³/mol. The SMILES string of the molecule is CC(On1ccc2ncc(-c3ccccc3N)cc21)c1c(Cl)ccc(F)c1Cl. The van der Waals surface area contributed by atoms with E-state index >= 15 is 0 Å². The van der Waals surface area contributed by atoms with Crippen molar-refractivity contribution in [3.8, 4) is 11.1 Å². The fraction of sp³-hybridized carbons (Fsp3) is 0.0952. The Hall–Kier alpha value is -2.76. The Morgan fingerprint density at radius 1 is 1.14 bits per heavy atom. The first-order chi connectivity index (χ1) is 13.5. The van der Waals surface area contributed by atoms with E-state index in [0.717, 1.165) is 22.2 Å². The highest BCUT2D eigenvalue weighted by atomic mass is 35.5. The molecule has 2 N–H and O–H groups in total. The number of fused-ring (bicyclic) bond motifs is 1. The van der Waals surface area contributed by atoms with Gasteiger partial charge in [-0.2, -0.15) is 4.73 Å². The molecule has 0 aliphatic heterocycles. The molecular weight excluding hydrogens is 400 g/mol. The van der Waals surface area contributed by atoms with Crippen molar-refractivity contribution in [3.05, 3.63) is 82.4 Å². The molecule has 2 aromatic heterocycles. The lowest BCUT2D eigenvalue weighted by Crippen LogP contribution is -2.16. The fourth-order valence-electron chi connectivity index (χ4n) is 3.12. The first-order valence-electron chi connectivity index (χ1n) is 8.58. The average molecular weight is 416 g/mol. The van der Waals surface area contributed by atoms with Gasteiger partial charge in [-0.3, -0.25) is 4.98 Å². The molecule has 0 saturated carbocycles. The van der Waals surface area contributed by atoms with Gasteiger partial charge in [0.2, 0.25) is 0 Å². The standard InChI is InChI=1S/C21H16Cl2FN3O/c1-12(20-15(22)6-7-16(24)21(20)23)28-27-9-8-18-19(27)10-13(11-26-18)14-4-2-3-5-17(14)25/h2-12H,25H2,1H3. The molecule has 0 saturated heterocycles. The molecular formula is C21H16Cl2FN3O. The third-order valence-electron chi connectivity index (χ3n) is 4.53. The minimum Gasteiger partial charge on any atom is -0.406 e. The largest absolute Gasteiger partial charge is 0.406 e. The topological polar surface area (TPSA) is 53.1 Å². The Labute approximate surface area is 171 Å². The summed E-state index contributed by atoms with van der Waals surface area (Å²) in [6.07, 6.45) is 2.92. The van der Waals surface area contributed by atoms with Gasteiger partial charge in [0.15, 0.2) is 6.10 Å². The van der Waals surface area contributed by atoms with Crippen molar-refractivity contribution in [2.24, 2.45) is 0 Å². The van der Waals surface area contributed by atoms with Gasteiger partial charge in [0, 0.05) is 39.8 Å². The van der Waals surface area contributed by atoms with Gasteiger partial charge < -0.3 is 10.6 Å². The van der Waals surface area contributed by atoms with Crippen LogP contribution < -0.4 is 10.6 Å². The van der Waals surface area contributed by atoms with Gasteiger partial charge in [-0.15, -0.1) is 0 Å². The molecule has 2 heterocycles. The number of pyridine rings is 1. The Morgan fingerprint density at radius 2 is 1.93 bits per heavy atom. The fourth-order valence-corrected chi connectivity index (χ4v) is 3.80. The van der Waals surface area contributed by atoms with E-state index in [1.165, 1.54) is 12.1 Å². The van der Waals surface area contributed by atoms with Crippen molar-refractivity contribution in [2.75, 3.05) is 5.73 Å². The molecule has 4 nitrogen and oxygen atoms in total. The zero-order chi connectivity index (χ0) is 19.8. The smallest absolute Gasteiger partial charge is 0.150 e. The highest BCUT2D eigenvalue weighted by molar-refractivity contribution is 6.36. The number of benzene rings is 2. The van der Waals surface area contributed by atoms with Crippen molar-refractivity contribution < 1.29 is 9.23 Å². The third-order valence-corrected chi connectivity index (χ3v) is 5.25. The molecule has 0 spiro atoms. The first-order valence-corrected chi connectivity index (χ1v) is 9.34. The quantitative estimate of drug-likeness (QED) is 0.332. The van der Waals surface area contributed by atoms with Gasteiger partial charge in [0.05, 0.1) is 10.5 Å². The molecule has 4 rings (SSSR count). The van der Waals surface area contributed by atoms with E-state index in [4.69, 9.17) is 33.8 Å². The minimum absolute atomic E-state index is 0.0488. The van der Waals surface area contributed by atoms with Gasteiger partial charge in [-0.25, -0.2) is 4.39 Å². The number of nitrogens with zero attached hydrogens (tertiary/aromatic N) is 2. The number of hydrogen-bond donors (Lipinski definition) is 1. The molecule has 1 atom stereocenters. The first kappa shape index (κ1) is 18.6. The molecule has 4 aromatic rings. The summed E-state index contributed by atoms with van der Waals surface area (Å²) < 4.78 is 15.4. The van der Waals surface area contributed by atoms with Crippen LogP contribution in [0.4, 0.5) is 10.1 Å². The third kappa shape index (κ3) is 3.28. The molecule has 0 aliphatic rings. The Kier molecular flexibility index (Phi) is 4.87. The van der Waals surface area contributed by atoms with Crippen molar-refractivity contribution in [1.29, 1.82) is 0 Å². The van der Waals surface area contributed by atoms with Crippen molar-refractivity contribution in [2.45, 2.75) is 13.0 Å². The second-order valence-electron chi connectivity index (χ2n) is 6.36. The molecule has 0 aliphatic carbocycles. The summed E-state index contributed by atoms with van der Waals surface area (Å²) in [6.45, 7) is 1.75. The van der Waals surface area contributed by atoms with Crippen LogP contribution in [-0.2, 0) is 0 Å². The number of nitrogen functional groups attached to an aromatic ring is 1. The van der Waals surface area contributed by atoms with E-state index in [9.17, 15) is 4.39 Å². The van der Waals surface area contributed by atoms with Crippen molar-refractivity contribution in [1.82, 2.24) is 9.71 Å². The number of halogens is 3. The monoisotopic (exact) mass is 415 g/mol. The van der Waals surface area contributed by atoms with Crippen LogP contribution in [0.15, 0.2) is 60.9 Å². The second kappa shape index (κ2) is 7.34. The van der Waals surface area contributed by atoms with E-state index in [1.807, 2.05) is 36.4 Å². The second-order valence-corrected chi connectivity index (χ2v) is 7.15. The zero-order valence-corrected chi connectivity index (χ0v) is 16.4. The zero-order valence-electron chi connectivity index (χ0n) is 14.9. The van der Waals surface area contributed by atoms with Crippen molar-refractivity contribution >= 4 is 39.9 Å². The van der Waals surface area contributed by atoms with E-state index in [1.54, 1.807) is 24.0 Å². The average Bonchev–Trinajstić information content (AvgIpc) is 3.07. The predicted octanol–water partition coefficient (Wildman–Crippen LogP) is 5.92. The summed E-state index contributed by atoms with van der Waals surface area (Å²) in [6, 6.07) is 14.0. The summed E-state index contributed by atoms with van der Waals surface area (Å²) in [5.74, 6) is -0.544. The summed E-state index contributed by atoms with van der Waals surface area (Å²) in [5, 5.41) is 0.290. The normalized spacial score (nSPS) is 12.3. The number of aromatic nitrogens is 2. The lowest BCUT2D eigenvalue weighted by atomic mass is 10.1. The lowest BCUT2D eigenvalue weighted by molar-refractivity contribution is 0.0562. The van der Waals surface area contributed by atoms with Crippen LogP contribution in [0.5, 0.6) is 0 Å². The molecule has 0 bridgehead atoms. The highest BCUT2D eigenvalue weighted by Crippen LogP contribution is 2.34. The molecule has 1 unspecified atom stereocenters. The van der Waals surface area contributed by atoms with Crippen LogP contribution in [0, 0.1) is 5.82 Å².